The molecular formula is C22H23N5OS. The third-order valence-corrected chi connectivity index (χ3v) is 6.42. The van der Waals surface area contributed by atoms with Gasteiger partial charge in [-0.25, -0.2) is 4.98 Å². The van der Waals surface area contributed by atoms with Crippen LogP contribution < -0.4 is 14.5 Å². The molecule has 1 fully saturated rings. The summed E-state index contributed by atoms with van der Waals surface area (Å²) >= 11 is 1.72. The fourth-order valence-corrected chi connectivity index (χ4v) is 4.87. The average Bonchev–Trinajstić information content (AvgIpc) is 3.37. The van der Waals surface area contributed by atoms with Crippen molar-refractivity contribution in [3.05, 3.63) is 53.8 Å². The molecule has 4 aromatic rings. The van der Waals surface area contributed by atoms with Gasteiger partial charge in [-0.3, -0.25) is 4.98 Å². The van der Waals surface area contributed by atoms with E-state index >= 15 is 0 Å². The number of rotatable bonds is 4. The Bertz CT molecular complexity index is 1130. The Morgan fingerprint density at radius 3 is 2.55 bits per heavy atom. The number of pyridine rings is 1. The number of benzene rings is 1. The first-order valence-corrected chi connectivity index (χ1v) is 10.6. The highest BCUT2D eigenvalue weighted by molar-refractivity contribution is 7.14. The zero-order chi connectivity index (χ0) is 19.8. The maximum atomic E-state index is 5.42. The summed E-state index contributed by atoms with van der Waals surface area (Å²) in [4.78, 5) is 17.4. The monoisotopic (exact) mass is 405 g/mol. The normalized spacial score (nSPS) is 14.6. The van der Waals surface area contributed by atoms with E-state index in [9.17, 15) is 0 Å². The Balaban J connectivity index is 1.38. The summed E-state index contributed by atoms with van der Waals surface area (Å²) in [6.07, 6.45) is 3.71. The molecule has 5 rings (SSSR count). The van der Waals surface area contributed by atoms with Crippen molar-refractivity contribution in [3.63, 3.8) is 0 Å². The molecule has 0 amide bonds. The van der Waals surface area contributed by atoms with Crippen LogP contribution in [0.1, 0.15) is 5.69 Å². The maximum absolute atomic E-state index is 5.42. The highest BCUT2D eigenvalue weighted by Gasteiger charge is 2.21. The van der Waals surface area contributed by atoms with Gasteiger partial charge >= 0.3 is 0 Å². The smallest absolute Gasteiger partial charge is 0.185 e. The first-order valence-electron chi connectivity index (χ1n) is 9.75. The highest BCUT2D eigenvalue weighted by atomic mass is 32.1. The molecule has 4 heterocycles. The van der Waals surface area contributed by atoms with E-state index in [-0.39, 0.29) is 0 Å². The van der Waals surface area contributed by atoms with E-state index in [1.54, 1.807) is 18.4 Å². The van der Waals surface area contributed by atoms with Crippen molar-refractivity contribution in [2.24, 2.45) is 0 Å². The number of aromatic nitrogens is 3. The number of H-pyrrole nitrogens is 1. The fourth-order valence-electron chi connectivity index (χ4n) is 4.00. The van der Waals surface area contributed by atoms with E-state index in [1.165, 1.54) is 5.69 Å². The number of hydrogen-bond donors (Lipinski definition) is 1. The number of anilines is 2. The Morgan fingerprint density at radius 2 is 1.79 bits per heavy atom. The minimum atomic E-state index is 0.862. The lowest BCUT2D eigenvalue weighted by Crippen LogP contribution is -2.46. The van der Waals surface area contributed by atoms with Crippen molar-refractivity contribution in [1.82, 2.24) is 15.0 Å². The first-order chi connectivity index (χ1) is 14.2. The zero-order valence-electron chi connectivity index (χ0n) is 16.6. The second-order valence-electron chi connectivity index (χ2n) is 7.23. The molecule has 1 N–H and O–H groups in total. The Hall–Kier alpha value is -3.06. The number of hydrogen-bond acceptors (Lipinski definition) is 6. The summed E-state index contributed by atoms with van der Waals surface area (Å²) in [5, 5.41) is 4.41. The summed E-state index contributed by atoms with van der Waals surface area (Å²) in [6.45, 7) is 6.02. The highest BCUT2D eigenvalue weighted by Crippen LogP contribution is 2.36. The molecular weight excluding hydrogens is 382 g/mol. The van der Waals surface area contributed by atoms with Gasteiger partial charge in [-0.2, -0.15) is 0 Å². The van der Waals surface area contributed by atoms with Crippen LogP contribution in [0.4, 0.5) is 10.8 Å². The molecule has 6 nitrogen and oxygen atoms in total. The second kappa shape index (κ2) is 7.40. The molecule has 0 saturated carbocycles. The molecule has 29 heavy (non-hydrogen) atoms. The molecule has 1 aliphatic heterocycles. The summed E-state index contributed by atoms with van der Waals surface area (Å²) in [6, 6.07) is 10.3. The molecule has 0 spiro atoms. The third kappa shape index (κ3) is 3.31. The molecule has 7 heteroatoms. The van der Waals surface area contributed by atoms with Crippen LogP contribution in [0, 0.1) is 6.92 Å². The van der Waals surface area contributed by atoms with Crippen molar-refractivity contribution < 1.29 is 4.74 Å². The Morgan fingerprint density at radius 1 is 1.03 bits per heavy atom. The van der Waals surface area contributed by atoms with Gasteiger partial charge in [0.25, 0.3) is 0 Å². The summed E-state index contributed by atoms with van der Waals surface area (Å²) < 4.78 is 5.42. The quantitative estimate of drug-likeness (QED) is 0.548. The number of ether oxygens (including phenoxy) is 1. The number of nitrogens with zero attached hydrogens (tertiary/aromatic N) is 4. The maximum Gasteiger partial charge on any atom is 0.185 e. The lowest BCUT2D eigenvalue weighted by molar-refractivity contribution is 0.415. The standard InChI is InChI=1S/C22H23N5OS/c1-15-21(18-13-17(28-2)3-4-19(18)24-15)20-14-29-22(25-20)27-11-9-26(10-12-27)16-5-7-23-8-6-16/h3-8,13-14,24H,9-12H2,1-2H3. The van der Waals surface area contributed by atoms with E-state index in [4.69, 9.17) is 9.72 Å². The van der Waals surface area contributed by atoms with Crippen LogP contribution in [-0.4, -0.2) is 48.2 Å². The van der Waals surface area contributed by atoms with Gasteiger partial charge in [0, 0.05) is 71.8 Å². The number of methoxy groups -OCH3 is 1. The lowest BCUT2D eigenvalue weighted by Gasteiger charge is -2.35. The van der Waals surface area contributed by atoms with Crippen molar-refractivity contribution in [1.29, 1.82) is 0 Å². The number of piperazine rings is 1. The van der Waals surface area contributed by atoms with Crippen LogP contribution in [-0.2, 0) is 0 Å². The zero-order valence-corrected chi connectivity index (χ0v) is 17.4. The van der Waals surface area contributed by atoms with Crippen LogP contribution in [0.3, 0.4) is 0 Å². The molecule has 1 saturated heterocycles. The van der Waals surface area contributed by atoms with Gasteiger partial charge in [-0.05, 0) is 37.3 Å². The van der Waals surface area contributed by atoms with E-state index in [0.29, 0.717) is 0 Å². The Kier molecular flexibility index (Phi) is 4.60. The number of aromatic amines is 1. The number of aryl methyl sites for hydroxylation is 1. The van der Waals surface area contributed by atoms with Crippen LogP contribution in [0.2, 0.25) is 0 Å². The number of fused-ring (bicyclic) bond motifs is 1. The first kappa shape index (κ1) is 18.0. The van der Waals surface area contributed by atoms with Crippen molar-refractivity contribution in [3.8, 4) is 17.0 Å². The van der Waals surface area contributed by atoms with Gasteiger partial charge in [0.15, 0.2) is 5.13 Å². The Labute approximate surface area is 173 Å². The van der Waals surface area contributed by atoms with E-state index < -0.39 is 0 Å². The molecule has 0 bridgehead atoms. The van der Waals surface area contributed by atoms with Crippen LogP contribution in [0.15, 0.2) is 48.1 Å². The van der Waals surface area contributed by atoms with Gasteiger partial charge in [0.05, 0.1) is 12.8 Å². The summed E-state index contributed by atoms with van der Waals surface area (Å²) in [7, 11) is 1.70. The molecule has 0 radical (unpaired) electrons. The fraction of sp³-hybridized carbons (Fsp3) is 0.273. The topological polar surface area (TPSA) is 57.3 Å². The number of nitrogens with one attached hydrogen (secondary N) is 1. The molecule has 0 atom stereocenters. The largest absolute Gasteiger partial charge is 0.497 e. The van der Waals surface area contributed by atoms with E-state index in [0.717, 1.165) is 64.9 Å². The summed E-state index contributed by atoms with van der Waals surface area (Å²) in [5.41, 5.74) is 5.67. The van der Waals surface area contributed by atoms with Crippen molar-refractivity contribution >= 4 is 33.1 Å². The molecule has 3 aromatic heterocycles. The van der Waals surface area contributed by atoms with Gasteiger partial charge in [-0.15, -0.1) is 11.3 Å². The van der Waals surface area contributed by atoms with Gasteiger partial charge in [0.2, 0.25) is 0 Å². The van der Waals surface area contributed by atoms with Gasteiger partial charge in [-0.1, -0.05) is 0 Å². The van der Waals surface area contributed by atoms with Gasteiger partial charge in [0.1, 0.15) is 5.75 Å². The minimum absolute atomic E-state index is 0.862. The minimum Gasteiger partial charge on any atom is -0.497 e. The van der Waals surface area contributed by atoms with Crippen molar-refractivity contribution in [2.45, 2.75) is 6.92 Å². The molecule has 0 unspecified atom stereocenters. The predicted molar refractivity (Wildman–Crippen MR) is 119 cm³/mol. The van der Waals surface area contributed by atoms with Crippen molar-refractivity contribution in [2.75, 3.05) is 43.1 Å². The predicted octanol–water partition coefficient (Wildman–Crippen LogP) is 4.33. The molecule has 1 aliphatic rings. The average molecular weight is 406 g/mol. The van der Waals surface area contributed by atoms with Crippen LogP contribution in [0.25, 0.3) is 22.2 Å². The van der Waals surface area contributed by atoms with E-state index in [1.807, 2.05) is 18.5 Å². The lowest BCUT2D eigenvalue weighted by atomic mass is 10.1. The molecule has 0 aliphatic carbocycles. The van der Waals surface area contributed by atoms with E-state index in [2.05, 4.69) is 56.3 Å². The summed E-state index contributed by atoms with van der Waals surface area (Å²) in [5.74, 6) is 0.862. The third-order valence-electron chi connectivity index (χ3n) is 5.52. The molecule has 148 valence electrons. The van der Waals surface area contributed by atoms with Crippen LogP contribution >= 0.6 is 11.3 Å². The second-order valence-corrected chi connectivity index (χ2v) is 8.07. The van der Waals surface area contributed by atoms with Crippen LogP contribution in [0.5, 0.6) is 5.75 Å². The van der Waals surface area contributed by atoms with Gasteiger partial charge < -0.3 is 19.5 Å². The SMILES string of the molecule is COc1ccc2[nH]c(C)c(-c3csc(N4CCN(c5ccncc5)CC4)n3)c2c1. The number of thiazole rings is 1. The molecule has 1 aromatic carbocycles.